The van der Waals surface area contributed by atoms with Crippen molar-refractivity contribution < 1.29 is 9.59 Å². The smallest absolute Gasteiger partial charge is 0.242 e. The van der Waals surface area contributed by atoms with Gasteiger partial charge in [-0.1, -0.05) is 0 Å². The molecule has 2 aliphatic rings. The summed E-state index contributed by atoms with van der Waals surface area (Å²) in [6.07, 6.45) is 0.869. The summed E-state index contributed by atoms with van der Waals surface area (Å²) in [6.45, 7) is 4.91. The maximum atomic E-state index is 11.8. The van der Waals surface area contributed by atoms with E-state index in [2.05, 4.69) is 16.0 Å². The first kappa shape index (κ1) is 12.3. The molecule has 2 heterocycles. The summed E-state index contributed by atoms with van der Waals surface area (Å²) in [5.41, 5.74) is 0. The van der Waals surface area contributed by atoms with Crippen LogP contribution in [0.15, 0.2) is 0 Å². The highest BCUT2D eigenvalue weighted by atomic mass is 16.2. The molecule has 1 atom stereocenters. The molecule has 0 aromatic carbocycles. The molecular weight excluding hydrogens is 220 g/mol. The van der Waals surface area contributed by atoms with Gasteiger partial charge in [0.2, 0.25) is 11.8 Å². The van der Waals surface area contributed by atoms with Gasteiger partial charge in [-0.25, -0.2) is 0 Å². The maximum Gasteiger partial charge on any atom is 0.242 e. The monoisotopic (exact) mass is 240 g/mol. The van der Waals surface area contributed by atoms with Crippen LogP contribution in [-0.4, -0.2) is 62.5 Å². The average molecular weight is 240 g/mol. The van der Waals surface area contributed by atoms with Gasteiger partial charge in [-0.15, -0.1) is 0 Å². The van der Waals surface area contributed by atoms with Gasteiger partial charge in [-0.2, -0.15) is 0 Å². The zero-order valence-corrected chi connectivity index (χ0v) is 10.00. The number of hydrogen-bond acceptors (Lipinski definition) is 4. The molecule has 0 aromatic heterocycles. The lowest BCUT2D eigenvalue weighted by Crippen LogP contribution is -2.50. The van der Waals surface area contributed by atoms with Gasteiger partial charge in [-0.05, 0) is 13.0 Å². The molecule has 6 heteroatoms. The molecule has 96 valence electrons. The summed E-state index contributed by atoms with van der Waals surface area (Å²) < 4.78 is 0. The van der Waals surface area contributed by atoms with E-state index in [9.17, 15) is 9.59 Å². The van der Waals surface area contributed by atoms with Crippen LogP contribution in [0.4, 0.5) is 0 Å². The normalized spacial score (nSPS) is 24.7. The standard InChI is InChI=1S/C11H20N4O2/c16-10(15-5-3-12-4-6-15)8-14-11(17)9-1-2-13-7-9/h9,12-13H,1-8H2,(H,14,17). The maximum absolute atomic E-state index is 11.8. The molecule has 6 nitrogen and oxygen atoms in total. The summed E-state index contributed by atoms with van der Waals surface area (Å²) in [5, 5.41) is 9.06. The summed E-state index contributed by atoms with van der Waals surface area (Å²) in [7, 11) is 0. The van der Waals surface area contributed by atoms with E-state index in [-0.39, 0.29) is 24.3 Å². The Morgan fingerprint density at radius 3 is 2.59 bits per heavy atom. The van der Waals surface area contributed by atoms with Crippen LogP contribution in [-0.2, 0) is 9.59 Å². The number of hydrogen-bond donors (Lipinski definition) is 3. The number of carbonyl (C=O) groups is 2. The Morgan fingerprint density at radius 2 is 1.94 bits per heavy atom. The summed E-state index contributed by atoms with van der Waals surface area (Å²) in [6, 6.07) is 0. The van der Waals surface area contributed by atoms with Crippen LogP contribution >= 0.6 is 0 Å². The highest BCUT2D eigenvalue weighted by Gasteiger charge is 2.23. The predicted octanol–water partition coefficient (Wildman–Crippen LogP) is -1.86. The van der Waals surface area contributed by atoms with Gasteiger partial charge in [0.25, 0.3) is 0 Å². The van der Waals surface area contributed by atoms with Crippen molar-refractivity contribution in [1.82, 2.24) is 20.9 Å². The fourth-order valence-electron chi connectivity index (χ4n) is 2.21. The number of nitrogens with zero attached hydrogens (tertiary/aromatic N) is 1. The first-order valence-electron chi connectivity index (χ1n) is 6.24. The van der Waals surface area contributed by atoms with Crippen molar-refractivity contribution in [2.45, 2.75) is 6.42 Å². The summed E-state index contributed by atoms with van der Waals surface area (Å²) >= 11 is 0. The van der Waals surface area contributed by atoms with Crippen LogP contribution in [0.5, 0.6) is 0 Å². The Labute approximate surface area is 101 Å². The van der Waals surface area contributed by atoms with E-state index in [1.54, 1.807) is 4.90 Å². The lowest BCUT2D eigenvalue weighted by atomic mass is 10.1. The summed E-state index contributed by atoms with van der Waals surface area (Å²) in [4.78, 5) is 25.3. The first-order valence-corrected chi connectivity index (χ1v) is 6.24. The molecule has 2 rings (SSSR count). The van der Waals surface area contributed by atoms with Crippen molar-refractivity contribution in [3.63, 3.8) is 0 Å². The van der Waals surface area contributed by atoms with Crippen LogP contribution < -0.4 is 16.0 Å². The number of rotatable bonds is 3. The zero-order chi connectivity index (χ0) is 12.1. The lowest BCUT2D eigenvalue weighted by Gasteiger charge is -2.27. The molecule has 2 saturated heterocycles. The van der Waals surface area contributed by atoms with Crippen molar-refractivity contribution in [2.75, 3.05) is 45.8 Å². The van der Waals surface area contributed by atoms with Gasteiger partial charge in [0.15, 0.2) is 0 Å². The number of nitrogens with one attached hydrogen (secondary N) is 3. The van der Waals surface area contributed by atoms with Crippen molar-refractivity contribution in [3.8, 4) is 0 Å². The molecular formula is C11H20N4O2. The zero-order valence-electron chi connectivity index (χ0n) is 10.00. The van der Waals surface area contributed by atoms with Gasteiger partial charge < -0.3 is 20.9 Å². The minimum atomic E-state index is -0.00140. The van der Waals surface area contributed by atoms with Crippen molar-refractivity contribution in [1.29, 1.82) is 0 Å². The molecule has 0 radical (unpaired) electrons. The van der Waals surface area contributed by atoms with E-state index < -0.39 is 0 Å². The molecule has 2 amide bonds. The molecule has 1 unspecified atom stereocenters. The van der Waals surface area contributed by atoms with E-state index in [0.29, 0.717) is 0 Å². The van der Waals surface area contributed by atoms with Gasteiger partial charge in [-0.3, -0.25) is 9.59 Å². The van der Waals surface area contributed by atoms with Crippen molar-refractivity contribution >= 4 is 11.8 Å². The highest BCUT2D eigenvalue weighted by molar-refractivity contribution is 5.86. The number of amides is 2. The largest absolute Gasteiger partial charge is 0.347 e. The lowest BCUT2D eigenvalue weighted by molar-refractivity contribution is -0.134. The van der Waals surface area contributed by atoms with Crippen LogP contribution in [0.3, 0.4) is 0 Å². The van der Waals surface area contributed by atoms with Gasteiger partial charge in [0.1, 0.15) is 0 Å². The third-order valence-corrected chi connectivity index (χ3v) is 3.31. The second kappa shape index (κ2) is 5.97. The quantitative estimate of drug-likeness (QED) is 0.541. The summed E-state index contributed by atoms with van der Waals surface area (Å²) in [5.74, 6) is 0.0510. The Bertz CT molecular complexity index is 283. The third-order valence-electron chi connectivity index (χ3n) is 3.31. The molecule has 0 aromatic rings. The van der Waals surface area contributed by atoms with Crippen LogP contribution in [0.2, 0.25) is 0 Å². The molecule has 0 aliphatic carbocycles. The SMILES string of the molecule is O=C(NCC(=O)N1CCNCC1)C1CCNC1. The Kier molecular flexibility index (Phi) is 4.33. The van der Waals surface area contributed by atoms with Crippen molar-refractivity contribution in [2.24, 2.45) is 5.92 Å². The molecule has 17 heavy (non-hydrogen) atoms. The topological polar surface area (TPSA) is 73.5 Å². The fraction of sp³-hybridized carbons (Fsp3) is 0.818. The van der Waals surface area contributed by atoms with Gasteiger partial charge in [0, 0.05) is 32.7 Å². The molecule has 0 saturated carbocycles. The first-order chi connectivity index (χ1) is 8.27. The van der Waals surface area contributed by atoms with Gasteiger partial charge >= 0.3 is 0 Å². The Balaban J connectivity index is 1.69. The Hall–Kier alpha value is -1.14. The second-order valence-corrected chi connectivity index (χ2v) is 4.54. The third kappa shape index (κ3) is 3.41. The second-order valence-electron chi connectivity index (χ2n) is 4.54. The average Bonchev–Trinajstić information content (AvgIpc) is 2.90. The van der Waals surface area contributed by atoms with E-state index in [4.69, 9.17) is 0 Å². The van der Waals surface area contributed by atoms with Crippen LogP contribution in [0, 0.1) is 5.92 Å². The van der Waals surface area contributed by atoms with Crippen molar-refractivity contribution in [3.05, 3.63) is 0 Å². The molecule has 2 aliphatic heterocycles. The van der Waals surface area contributed by atoms with E-state index >= 15 is 0 Å². The number of piperazine rings is 1. The van der Waals surface area contributed by atoms with Gasteiger partial charge in [0.05, 0.1) is 12.5 Å². The molecule has 2 fully saturated rings. The fourth-order valence-corrected chi connectivity index (χ4v) is 2.21. The van der Waals surface area contributed by atoms with E-state index in [0.717, 1.165) is 45.7 Å². The molecule has 0 bridgehead atoms. The molecule has 3 N–H and O–H groups in total. The van der Waals surface area contributed by atoms with Crippen LogP contribution in [0.25, 0.3) is 0 Å². The predicted molar refractivity (Wildman–Crippen MR) is 63.4 cm³/mol. The number of carbonyl (C=O) groups excluding carboxylic acids is 2. The van der Waals surface area contributed by atoms with E-state index in [1.165, 1.54) is 0 Å². The Morgan fingerprint density at radius 1 is 1.18 bits per heavy atom. The van der Waals surface area contributed by atoms with E-state index in [1.807, 2.05) is 0 Å². The minimum Gasteiger partial charge on any atom is -0.347 e. The molecule has 0 spiro atoms. The minimum absolute atomic E-state index is 0.00140. The highest BCUT2D eigenvalue weighted by Crippen LogP contribution is 2.06. The van der Waals surface area contributed by atoms with Crippen LogP contribution in [0.1, 0.15) is 6.42 Å².